The maximum atomic E-state index is 9.10. The molecule has 2 nitrogen and oxygen atoms in total. The highest BCUT2D eigenvalue weighted by Gasteiger charge is 2.16. The molecular formula is C24H40O2. The third-order valence-electron chi connectivity index (χ3n) is 5.81. The molecule has 1 saturated carbocycles. The third kappa shape index (κ3) is 8.58. The second-order valence-electron chi connectivity index (χ2n) is 7.98. The molecule has 148 valence electrons. The first-order valence-electron chi connectivity index (χ1n) is 11.2. The highest BCUT2D eigenvalue weighted by Crippen LogP contribution is 2.34. The summed E-state index contributed by atoms with van der Waals surface area (Å²) < 4.78 is 5.83. The first-order valence-corrected chi connectivity index (χ1v) is 11.2. The molecule has 2 rings (SSSR count). The van der Waals surface area contributed by atoms with Crippen molar-refractivity contribution in [3.63, 3.8) is 0 Å². The summed E-state index contributed by atoms with van der Waals surface area (Å²) in [5.41, 5.74) is 1.36. The van der Waals surface area contributed by atoms with Crippen molar-refractivity contribution in [1.82, 2.24) is 0 Å². The van der Waals surface area contributed by atoms with Crippen LogP contribution in [-0.2, 0) is 0 Å². The van der Waals surface area contributed by atoms with E-state index in [0.29, 0.717) is 12.5 Å². The third-order valence-corrected chi connectivity index (χ3v) is 5.81. The van der Waals surface area contributed by atoms with Crippen LogP contribution in [0, 0.1) is 0 Å². The van der Waals surface area contributed by atoms with Crippen molar-refractivity contribution in [1.29, 1.82) is 0 Å². The van der Waals surface area contributed by atoms with E-state index in [4.69, 9.17) is 9.84 Å². The zero-order chi connectivity index (χ0) is 18.3. The smallest absolute Gasteiger partial charge is 0.122 e. The van der Waals surface area contributed by atoms with E-state index in [9.17, 15) is 0 Å². The molecule has 0 atom stereocenters. The van der Waals surface area contributed by atoms with Crippen LogP contribution in [0.4, 0.5) is 0 Å². The Morgan fingerprint density at radius 3 is 1.65 bits per heavy atom. The number of hydrogen-bond donors (Lipinski definition) is 1. The molecule has 0 bridgehead atoms. The van der Waals surface area contributed by atoms with Gasteiger partial charge in [-0.25, -0.2) is 0 Å². The minimum atomic E-state index is 0.0823. The molecular weight excluding hydrogens is 320 g/mol. The predicted octanol–water partition coefficient (Wildman–Crippen LogP) is 7.01. The number of rotatable bonds is 4. The van der Waals surface area contributed by atoms with Gasteiger partial charge in [-0.2, -0.15) is 0 Å². The molecule has 0 radical (unpaired) electrons. The Kier molecular flexibility index (Phi) is 11.5. The van der Waals surface area contributed by atoms with E-state index >= 15 is 0 Å². The molecule has 0 spiro atoms. The maximum Gasteiger partial charge on any atom is 0.122 e. The first-order chi connectivity index (χ1) is 12.9. The quantitative estimate of drug-likeness (QED) is 0.626. The van der Waals surface area contributed by atoms with E-state index in [0.717, 1.165) is 5.75 Å². The van der Waals surface area contributed by atoms with Gasteiger partial charge in [0, 0.05) is 0 Å². The molecule has 0 aliphatic heterocycles. The molecule has 0 amide bonds. The van der Waals surface area contributed by atoms with Crippen molar-refractivity contribution in [3.8, 4) is 5.75 Å². The fourth-order valence-electron chi connectivity index (χ4n) is 4.29. The fourth-order valence-corrected chi connectivity index (χ4v) is 4.29. The lowest BCUT2D eigenvalue weighted by Gasteiger charge is -2.21. The number of para-hydroxylation sites is 1. The van der Waals surface area contributed by atoms with Gasteiger partial charge in [0.25, 0.3) is 0 Å². The molecule has 0 unspecified atom stereocenters. The molecule has 1 aromatic carbocycles. The van der Waals surface area contributed by atoms with E-state index in [-0.39, 0.29) is 6.61 Å². The van der Waals surface area contributed by atoms with Gasteiger partial charge in [-0.1, -0.05) is 102 Å². The monoisotopic (exact) mass is 360 g/mol. The van der Waals surface area contributed by atoms with Crippen LogP contribution in [0.15, 0.2) is 24.3 Å². The highest BCUT2D eigenvalue weighted by atomic mass is 16.5. The molecule has 1 N–H and O–H groups in total. The second kappa shape index (κ2) is 14.1. The normalized spacial score (nSPS) is 19.9. The van der Waals surface area contributed by atoms with Crippen LogP contribution < -0.4 is 4.74 Å². The van der Waals surface area contributed by atoms with E-state index in [1.165, 1.54) is 102 Å². The zero-order valence-corrected chi connectivity index (χ0v) is 16.8. The van der Waals surface area contributed by atoms with Crippen molar-refractivity contribution >= 4 is 0 Å². The number of hydrogen-bond acceptors (Lipinski definition) is 2. The molecule has 0 saturated heterocycles. The Hall–Kier alpha value is -1.02. The molecule has 1 fully saturated rings. The minimum Gasteiger partial charge on any atom is -0.491 e. The van der Waals surface area contributed by atoms with E-state index in [2.05, 4.69) is 18.2 Å². The van der Waals surface area contributed by atoms with Crippen LogP contribution in [0.25, 0.3) is 0 Å². The zero-order valence-electron chi connectivity index (χ0n) is 16.8. The van der Waals surface area contributed by atoms with Crippen LogP contribution in [0.5, 0.6) is 5.75 Å². The SMILES string of the molecule is OCCOc1ccccc1C1CCCCCCCCCCCCCCC1. The molecule has 1 aliphatic carbocycles. The lowest BCUT2D eigenvalue weighted by molar-refractivity contribution is 0.199. The summed E-state index contributed by atoms with van der Waals surface area (Å²) in [5, 5.41) is 9.10. The molecule has 1 aliphatic rings. The second-order valence-corrected chi connectivity index (χ2v) is 7.98. The molecule has 0 heterocycles. The van der Waals surface area contributed by atoms with Gasteiger partial charge in [0.2, 0.25) is 0 Å². The van der Waals surface area contributed by atoms with Gasteiger partial charge in [0.1, 0.15) is 12.4 Å². The van der Waals surface area contributed by atoms with Gasteiger partial charge in [-0.3, -0.25) is 0 Å². The van der Waals surface area contributed by atoms with Crippen molar-refractivity contribution in [2.24, 2.45) is 0 Å². The van der Waals surface area contributed by atoms with Crippen LogP contribution >= 0.6 is 0 Å². The summed E-state index contributed by atoms with van der Waals surface area (Å²) in [5.74, 6) is 1.60. The van der Waals surface area contributed by atoms with Gasteiger partial charge in [-0.15, -0.1) is 0 Å². The summed E-state index contributed by atoms with van der Waals surface area (Å²) in [6.45, 7) is 0.475. The number of aliphatic hydroxyl groups excluding tert-OH is 1. The topological polar surface area (TPSA) is 29.5 Å². The maximum absolute atomic E-state index is 9.10. The molecule has 0 aromatic heterocycles. The molecule has 26 heavy (non-hydrogen) atoms. The van der Waals surface area contributed by atoms with Crippen LogP contribution in [0.1, 0.15) is 108 Å². The van der Waals surface area contributed by atoms with Crippen molar-refractivity contribution in [3.05, 3.63) is 29.8 Å². The largest absolute Gasteiger partial charge is 0.491 e. The van der Waals surface area contributed by atoms with Gasteiger partial charge in [0.05, 0.1) is 6.61 Å². The van der Waals surface area contributed by atoms with Crippen LogP contribution in [0.3, 0.4) is 0 Å². The van der Waals surface area contributed by atoms with E-state index in [1.54, 1.807) is 0 Å². The van der Waals surface area contributed by atoms with E-state index < -0.39 is 0 Å². The predicted molar refractivity (Wildman–Crippen MR) is 111 cm³/mol. The van der Waals surface area contributed by atoms with Gasteiger partial charge >= 0.3 is 0 Å². The van der Waals surface area contributed by atoms with Crippen LogP contribution in [-0.4, -0.2) is 18.3 Å². The molecule has 1 aromatic rings. The fraction of sp³-hybridized carbons (Fsp3) is 0.750. The van der Waals surface area contributed by atoms with Crippen LogP contribution in [0.2, 0.25) is 0 Å². The summed E-state index contributed by atoms with van der Waals surface area (Å²) in [6, 6.07) is 8.51. The van der Waals surface area contributed by atoms with E-state index in [1.807, 2.05) is 6.07 Å². The Labute approximate surface area is 161 Å². The standard InChI is InChI=1S/C24H40O2/c25-20-21-26-24-19-15-14-18-23(24)22-16-12-10-8-6-4-2-1-3-5-7-9-11-13-17-22/h14-15,18-19,22,25H,1-13,16-17,20-21H2. The lowest BCUT2D eigenvalue weighted by atomic mass is 9.87. The van der Waals surface area contributed by atoms with Crippen molar-refractivity contribution < 1.29 is 9.84 Å². The summed E-state index contributed by atoms with van der Waals surface area (Å²) >= 11 is 0. The summed E-state index contributed by atoms with van der Waals surface area (Å²) in [7, 11) is 0. The van der Waals surface area contributed by atoms with Gasteiger partial charge < -0.3 is 9.84 Å². The average molecular weight is 361 g/mol. The Bertz CT molecular complexity index is 441. The van der Waals surface area contributed by atoms with Gasteiger partial charge in [-0.05, 0) is 30.4 Å². The minimum absolute atomic E-state index is 0.0823. The number of benzene rings is 1. The number of ether oxygens (including phenoxy) is 1. The van der Waals surface area contributed by atoms with Gasteiger partial charge in [0.15, 0.2) is 0 Å². The Balaban J connectivity index is 1.94. The first kappa shape index (κ1) is 21.3. The Morgan fingerprint density at radius 1 is 0.692 bits per heavy atom. The summed E-state index contributed by atoms with van der Waals surface area (Å²) in [4.78, 5) is 0. The summed E-state index contributed by atoms with van der Waals surface area (Å²) in [6.07, 6.45) is 20.8. The number of aliphatic hydroxyl groups is 1. The highest BCUT2D eigenvalue weighted by molar-refractivity contribution is 5.36. The van der Waals surface area contributed by atoms with Crippen molar-refractivity contribution in [2.45, 2.75) is 102 Å². The average Bonchev–Trinajstić information content (AvgIpc) is 2.67. The molecule has 2 heteroatoms. The lowest BCUT2D eigenvalue weighted by Crippen LogP contribution is -2.07. The van der Waals surface area contributed by atoms with Crippen molar-refractivity contribution in [2.75, 3.05) is 13.2 Å². The Morgan fingerprint density at radius 2 is 1.15 bits per heavy atom.